The van der Waals surface area contributed by atoms with E-state index in [4.69, 9.17) is 24.3 Å². The second-order valence-corrected chi connectivity index (χ2v) is 11.0. The predicted octanol–water partition coefficient (Wildman–Crippen LogP) is 3.88. The van der Waals surface area contributed by atoms with E-state index in [0.717, 1.165) is 17.3 Å². The molecule has 3 N–H and O–H groups in total. The van der Waals surface area contributed by atoms with Gasteiger partial charge in [-0.1, -0.05) is 15.9 Å². The molecule has 36 heavy (non-hydrogen) atoms. The minimum atomic E-state index is -3.90. The van der Waals surface area contributed by atoms with Crippen LogP contribution in [-0.2, 0) is 18.6 Å². The Morgan fingerprint density at radius 1 is 1.31 bits per heavy atom. The summed E-state index contributed by atoms with van der Waals surface area (Å²) in [7, 11) is -2.40. The van der Waals surface area contributed by atoms with Crippen LogP contribution in [-0.4, -0.2) is 51.9 Å². The van der Waals surface area contributed by atoms with Gasteiger partial charge in [0.25, 0.3) is 0 Å². The summed E-state index contributed by atoms with van der Waals surface area (Å²) in [6.45, 7) is 3.62. The average molecular weight is 583 g/mol. The highest BCUT2D eigenvalue weighted by atomic mass is 79.9. The van der Waals surface area contributed by atoms with Gasteiger partial charge in [0.05, 0.1) is 26.7 Å². The van der Waals surface area contributed by atoms with Crippen molar-refractivity contribution in [1.82, 2.24) is 24.6 Å². The number of nitrogen functional groups attached to an aromatic ring is 1. The van der Waals surface area contributed by atoms with Crippen LogP contribution in [0, 0.1) is 5.92 Å². The molecule has 3 aromatic rings. The number of esters is 1. The van der Waals surface area contributed by atoms with Crippen LogP contribution in [0.3, 0.4) is 0 Å². The molecule has 14 heteroatoms. The van der Waals surface area contributed by atoms with E-state index >= 15 is 0 Å². The summed E-state index contributed by atoms with van der Waals surface area (Å²) in [6, 6.07) is 6.04. The minimum Gasteiger partial charge on any atom is -0.479 e. The molecule has 2 aromatic heterocycles. The molecule has 1 unspecified atom stereocenters. The summed E-state index contributed by atoms with van der Waals surface area (Å²) >= 11 is 3.36. The number of aromatic nitrogens is 4. The summed E-state index contributed by atoms with van der Waals surface area (Å²) in [6.07, 6.45) is 3.17. The van der Waals surface area contributed by atoms with Crippen LogP contribution in [0.2, 0.25) is 0 Å². The van der Waals surface area contributed by atoms with Crippen LogP contribution in [0.15, 0.2) is 35.1 Å². The van der Waals surface area contributed by atoms with Gasteiger partial charge in [-0.05, 0) is 56.9 Å². The minimum absolute atomic E-state index is 0.105. The molecule has 1 fully saturated rings. The van der Waals surface area contributed by atoms with Gasteiger partial charge in [-0.2, -0.15) is 15.1 Å². The zero-order valence-electron chi connectivity index (χ0n) is 20.1. The Labute approximate surface area is 216 Å². The number of anilines is 1. The fourth-order valence-corrected chi connectivity index (χ4v) is 5.70. The fourth-order valence-electron chi connectivity index (χ4n) is 3.86. The Balaban J connectivity index is 1.42. The molecule has 0 bridgehead atoms. The first kappa shape index (κ1) is 26.3. The predicted molar refractivity (Wildman–Crippen MR) is 136 cm³/mol. The van der Waals surface area contributed by atoms with E-state index in [-0.39, 0.29) is 31.1 Å². The number of carbonyl (C=O) groups is 1. The quantitative estimate of drug-likeness (QED) is 0.250. The third kappa shape index (κ3) is 5.97. The van der Waals surface area contributed by atoms with Crippen molar-refractivity contribution in [2.45, 2.75) is 38.8 Å². The largest absolute Gasteiger partial charge is 0.479 e. The molecule has 0 amide bonds. The topological polar surface area (TPSA) is 153 Å². The number of imidazole rings is 1. The normalized spacial score (nSPS) is 19.8. The SMILES string of the molecule is CCOC(=O)[C@H](C)NP(=O)(OCC1CC(n2cnc3c(OC)nc(N)nc32)C1)Oc1ccc(Br)cc1. The zero-order valence-corrected chi connectivity index (χ0v) is 22.6. The zero-order chi connectivity index (χ0) is 25.9. The number of halogens is 1. The van der Waals surface area contributed by atoms with Gasteiger partial charge in [-0.15, -0.1) is 0 Å². The lowest BCUT2D eigenvalue weighted by molar-refractivity contribution is -0.144. The van der Waals surface area contributed by atoms with Gasteiger partial charge in [-0.25, -0.2) is 9.55 Å². The lowest BCUT2D eigenvalue weighted by Gasteiger charge is -2.36. The molecule has 0 aliphatic heterocycles. The maximum atomic E-state index is 13.6. The average Bonchev–Trinajstić information content (AvgIpc) is 3.22. The van der Waals surface area contributed by atoms with Gasteiger partial charge in [0.1, 0.15) is 11.8 Å². The standard InChI is InChI=1S/C22H28BrN6O6P/c1-4-33-21(30)13(2)28-36(31,35-17-7-5-15(23)6-8-17)34-11-14-9-16(10-14)29-12-25-18-19(29)26-22(24)27-20(18)32-3/h5-8,12-14,16H,4,9-11H2,1-3H3,(H,28,31)(H2,24,26,27)/t13-,14?,16?,36?/m0/s1. The molecule has 12 nitrogen and oxygen atoms in total. The van der Waals surface area contributed by atoms with E-state index in [1.54, 1.807) is 44.4 Å². The molecule has 1 saturated carbocycles. The number of methoxy groups -OCH3 is 1. The second kappa shape index (κ2) is 11.1. The maximum Gasteiger partial charge on any atom is 0.459 e. The van der Waals surface area contributed by atoms with Crippen LogP contribution in [0.5, 0.6) is 11.6 Å². The van der Waals surface area contributed by atoms with Crippen molar-refractivity contribution in [3.63, 3.8) is 0 Å². The first-order chi connectivity index (χ1) is 17.2. The van der Waals surface area contributed by atoms with Crippen LogP contribution >= 0.6 is 23.7 Å². The summed E-state index contributed by atoms with van der Waals surface area (Å²) in [4.78, 5) is 24.8. The first-order valence-electron chi connectivity index (χ1n) is 11.4. The second-order valence-electron chi connectivity index (χ2n) is 8.35. The molecule has 1 aromatic carbocycles. The Morgan fingerprint density at radius 2 is 2.03 bits per heavy atom. The van der Waals surface area contributed by atoms with Gasteiger partial charge in [-0.3, -0.25) is 9.32 Å². The van der Waals surface area contributed by atoms with E-state index in [0.29, 0.717) is 22.8 Å². The van der Waals surface area contributed by atoms with Crippen molar-refractivity contribution in [2.75, 3.05) is 26.1 Å². The van der Waals surface area contributed by atoms with Crippen molar-refractivity contribution in [2.24, 2.45) is 5.92 Å². The Kier molecular flexibility index (Phi) is 8.13. The summed E-state index contributed by atoms with van der Waals surface area (Å²) in [5, 5.41) is 2.69. The van der Waals surface area contributed by atoms with E-state index in [2.05, 4.69) is 36.0 Å². The number of nitrogens with one attached hydrogen (secondary N) is 1. The lowest BCUT2D eigenvalue weighted by Crippen LogP contribution is -2.36. The maximum absolute atomic E-state index is 13.6. The lowest BCUT2D eigenvalue weighted by atomic mass is 9.81. The molecule has 1 aliphatic rings. The van der Waals surface area contributed by atoms with Gasteiger partial charge >= 0.3 is 13.7 Å². The Bertz CT molecular complexity index is 1270. The van der Waals surface area contributed by atoms with Gasteiger partial charge < -0.3 is 24.3 Å². The van der Waals surface area contributed by atoms with Crippen LogP contribution < -0.4 is 20.1 Å². The van der Waals surface area contributed by atoms with Crippen molar-refractivity contribution in [3.05, 3.63) is 35.1 Å². The van der Waals surface area contributed by atoms with Gasteiger partial charge in [0, 0.05) is 10.5 Å². The number of ether oxygens (including phenoxy) is 2. The summed E-state index contributed by atoms with van der Waals surface area (Å²) in [5.74, 6) is 0.326. The number of benzene rings is 1. The third-order valence-corrected chi connectivity index (χ3v) is 7.89. The van der Waals surface area contributed by atoms with E-state index in [1.807, 2.05) is 4.57 Å². The molecular formula is C22H28BrN6O6P. The number of hydrogen-bond donors (Lipinski definition) is 2. The van der Waals surface area contributed by atoms with Crippen molar-refractivity contribution < 1.29 is 27.9 Å². The molecule has 1 aliphatic carbocycles. The number of rotatable bonds is 11. The summed E-state index contributed by atoms with van der Waals surface area (Å²) < 4.78 is 38.1. The molecule has 0 saturated heterocycles. The van der Waals surface area contributed by atoms with Crippen LogP contribution in [0.1, 0.15) is 32.7 Å². The highest BCUT2D eigenvalue weighted by Gasteiger charge is 2.37. The Hall–Kier alpha value is -2.73. The van der Waals surface area contributed by atoms with Gasteiger partial charge in [0.2, 0.25) is 11.8 Å². The number of hydrogen-bond acceptors (Lipinski definition) is 10. The van der Waals surface area contributed by atoms with E-state index in [9.17, 15) is 9.36 Å². The number of fused-ring (bicyclic) bond motifs is 1. The monoisotopic (exact) mass is 582 g/mol. The van der Waals surface area contributed by atoms with Crippen LogP contribution in [0.25, 0.3) is 11.2 Å². The smallest absolute Gasteiger partial charge is 0.459 e. The van der Waals surface area contributed by atoms with Crippen molar-refractivity contribution in [3.8, 4) is 11.6 Å². The first-order valence-corrected chi connectivity index (χ1v) is 13.7. The number of nitrogens with zero attached hydrogens (tertiary/aromatic N) is 4. The van der Waals surface area contributed by atoms with Crippen molar-refractivity contribution >= 4 is 46.8 Å². The molecule has 4 rings (SSSR count). The van der Waals surface area contributed by atoms with E-state index in [1.165, 1.54) is 7.11 Å². The molecule has 2 atom stereocenters. The molecule has 0 spiro atoms. The Morgan fingerprint density at radius 3 is 2.69 bits per heavy atom. The highest BCUT2D eigenvalue weighted by molar-refractivity contribution is 9.10. The van der Waals surface area contributed by atoms with Crippen LogP contribution in [0.4, 0.5) is 5.95 Å². The molecule has 0 radical (unpaired) electrons. The molecule has 194 valence electrons. The highest BCUT2D eigenvalue weighted by Crippen LogP contribution is 2.48. The van der Waals surface area contributed by atoms with E-state index < -0.39 is 19.8 Å². The van der Waals surface area contributed by atoms with Gasteiger partial charge in [0.15, 0.2) is 11.2 Å². The van der Waals surface area contributed by atoms with Crippen molar-refractivity contribution in [1.29, 1.82) is 0 Å². The third-order valence-electron chi connectivity index (χ3n) is 5.72. The number of nitrogens with two attached hydrogens (primary N) is 1. The molecular weight excluding hydrogens is 555 g/mol. The number of carbonyl (C=O) groups excluding carboxylic acids is 1. The fraction of sp³-hybridized carbons (Fsp3) is 0.455. The molecule has 2 heterocycles. The summed E-state index contributed by atoms with van der Waals surface area (Å²) in [5.41, 5.74) is 6.94.